The van der Waals surface area contributed by atoms with Crippen LogP contribution in [0.3, 0.4) is 0 Å². The Labute approximate surface area is 132 Å². The molecular weight excluding hydrogens is 306 g/mol. The van der Waals surface area contributed by atoms with Gasteiger partial charge in [-0.15, -0.1) is 0 Å². The summed E-state index contributed by atoms with van der Waals surface area (Å²) in [5.74, 6) is -1.52. The van der Waals surface area contributed by atoms with Gasteiger partial charge in [0.1, 0.15) is 6.04 Å². The van der Waals surface area contributed by atoms with E-state index in [9.17, 15) is 14.7 Å². The molecule has 22 heavy (non-hydrogen) atoms. The summed E-state index contributed by atoms with van der Waals surface area (Å²) in [4.78, 5) is 23.7. The molecule has 0 aromatic heterocycles. The number of nitrogens with one attached hydrogen (secondary N) is 1. The molecule has 0 radical (unpaired) electrons. The average Bonchev–Trinajstić information content (AvgIpc) is 2.96. The maximum Gasteiger partial charge on any atom is 0.336 e. The van der Waals surface area contributed by atoms with Crippen LogP contribution in [-0.4, -0.2) is 29.7 Å². The molecule has 0 bridgehead atoms. The number of aromatic carboxylic acids is 1. The van der Waals surface area contributed by atoms with Gasteiger partial charge in [0.2, 0.25) is 0 Å². The number of fused-ring (bicyclic) bond motifs is 3. The van der Waals surface area contributed by atoms with Crippen molar-refractivity contribution >= 4 is 29.2 Å². The lowest BCUT2D eigenvalue weighted by Crippen LogP contribution is -2.43. The first-order chi connectivity index (χ1) is 10.5. The highest BCUT2D eigenvalue weighted by atomic mass is 35.5. The number of hydrogen-bond acceptors (Lipinski definition) is 4. The van der Waals surface area contributed by atoms with Crippen LogP contribution in [0, 0.1) is 5.92 Å². The van der Waals surface area contributed by atoms with Gasteiger partial charge in [0, 0.05) is 11.8 Å². The molecule has 3 atom stereocenters. The van der Waals surface area contributed by atoms with Gasteiger partial charge in [0.25, 0.3) is 0 Å². The minimum atomic E-state index is -0.997. The van der Waals surface area contributed by atoms with E-state index in [0.717, 1.165) is 0 Å². The Morgan fingerprint density at radius 2 is 2.23 bits per heavy atom. The molecule has 2 aliphatic rings. The summed E-state index contributed by atoms with van der Waals surface area (Å²) in [5, 5.41) is 12.9. The number of benzene rings is 1. The number of carboxylic acids is 1. The molecule has 3 rings (SSSR count). The van der Waals surface area contributed by atoms with Crippen molar-refractivity contribution in [1.82, 2.24) is 0 Å². The molecule has 0 saturated heterocycles. The molecule has 1 heterocycles. The Hall–Kier alpha value is -2.01. The fraction of sp³-hybridized carbons (Fsp3) is 0.375. The number of ether oxygens (including phenoxy) is 1. The zero-order valence-electron chi connectivity index (χ0n) is 12.0. The fourth-order valence-corrected chi connectivity index (χ4v) is 3.55. The molecule has 1 aromatic carbocycles. The highest BCUT2D eigenvalue weighted by molar-refractivity contribution is 6.33. The van der Waals surface area contributed by atoms with Crippen LogP contribution < -0.4 is 5.32 Å². The number of carbonyl (C=O) groups is 2. The van der Waals surface area contributed by atoms with Crippen molar-refractivity contribution in [2.75, 3.05) is 11.9 Å². The summed E-state index contributed by atoms with van der Waals surface area (Å²) in [5.41, 5.74) is 1.39. The summed E-state index contributed by atoms with van der Waals surface area (Å²) < 4.78 is 5.13. The van der Waals surface area contributed by atoms with Crippen molar-refractivity contribution in [3.8, 4) is 0 Å². The number of carboxylic acid groups (broad SMARTS) is 1. The predicted octanol–water partition coefficient (Wildman–Crippen LogP) is 3.06. The van der Waals surface area contributed by atoms with Crippen LogP contribution in [0.15, 0.2) is 24.3 Å². The van der Waals surface area contributed by atoms with Crippen molar-refractivity contribution in [3.63, 3.8) is 0 Å². The second kappa shape index (κ2) is 5.65. The molecule has 1 aliphatic heterocycles. The smallest absolute Gasteiger partial charge is 0.336 e. The summed E-state index contributed by atoms with van der Waals surface area (Å²) in [6, 6.07) is 2.53. The van der Waals surface area contributed by atoms with E-state index >= 15 is 0 Å². The Morgan fingerprint density at radius 1 is 1.45 bits per heavy atom. The molecule has 0 fully saturated rings. The van der Waals surface area contributed by atoms with Gasteiger partial charge in [-0.05, 0) is 31.0 Å². The number of halogens is 1. The van der Waals surface area contributed by atoms with Gasteiger partial charge < -0.3 is 15.2 Å². The van der Waals surface area contributed by atoms with Gasteiger partial charge in [-0.2, -0.15) is 0 Å². The molecule has 1 aliphatic carbocycles. The van der Waals surface area contributed by atoms with E-state index in [1.165, 1.54) is 12.1 Å². The maximum absolute atomic E-state index is 12.2. The van der Waals surface area contributed by atoms with E-state index in [0.29, 0.717) is 29.3 Å². The highest BCUT2D eigenvalue weighted by Gasteiger charge is 2.43. The zero-order valence-corrected chi connectivity index (χ0v) is 12.8. The Morgan fingerprint density at radius 3 is 2.91 bits per heavy atom. The van der Waals surface area contributed by atoms with Crippen molar-refractivity contribution in [1.29, 1.82) is 0 Å². The molecule has 0 saturated carbocycles. The van der Waals surface area contributed by atoms with Gasteiger partial charge >= 0.3 is 11.9 Å². The third-order valence-electron chi connectivity index (χ3n) is 4.24. The summed E-state index contributed by atoms with van der Waals surface area (Å²) in [7, 11) is 0. The molecule has 0 unspecified atom stereocenters. The first kappa shape index (κ1) is 14.9. The summed E-state index contributed by atoms with van der Waals surface area (Å²) in [6.45, 7) is 2.06. The number of rotatable bonds is 3. The SMILES string of the molecule is CCOC(=O)[C@H]1Nc2c(Cl)ccc(C(=O)O)c2[C@H]2C=CC[C@@H]12. The first-order valence-electron chi connectivity index (χ1n) is 7.20. The van der Waals surface area contributed by atoms with Crippen LogP contribution in [0.2, 0.25) is 5.02 Å². The Balaban J connectivity index is 2.11. The minimum Gasteiger partial charge on any atom is -0.478 e. The molecule has 116 valence electrons. The van der Waals surface area contributed by atoms with Gasteiger partial charge in [0.05, 0.1) is 22.9 Å². The van der Waals surface area contributed by atoms with Gasteiger partial charge in [0.15, 0.2) is 0 Å². The standard InChI is InChI=1S/C16H16ClNO4/c1-2-22-16(21)13-9-5-3-4-8(9)12-10(15(19)20)6-7-11(17)14(12)18-13/h3-4,6-9,13,18H,2,5H2,1H3,(H,19,20)/t8-,9+,13-/m0/s1. The molecule has 0 amide bonds. The zero-order chi connectivity index (χ0) is 15.9. The molecule has 5 nitrogen and oxygen atoms in total. The topological polar surface area (TPSA) is 75.6 Å². The summed E-state index contributed by atoms with van der Waals surface area (Å²) >= 11 is 6.22. The third kappa shape index (κ3) is 2.25. The number of anilines is 1. The van der Waals surface area contributed by atoms with Crippen LogP contribution in [-0.2, 0) is 9.53 Å². The van der Waals surface area contributed by atoms with Crippen molar-refractivity contribution in [2.45, 2.75) is 25.3 Å². The Kier molecular flexibility index (Phi) is 3.83. The lowest BCUT2D eigenvalue weighted by atomic mass is 9.77. The van der Waals surface area contributed by atoms with Gasteiger partial charge in [-0.3, -0.25) is 0 Å². The van der Waals surface area contributed by atoms with E-state index in [2.05, 4.69) is 5.32 Å². The van der Waals surface area contributed by atoms with Crippen LogP contribution in [0.1, 0.15) is 35.2 Å². The molecule has 1 aromatic rings. The number of esters is 1. The average molecular weight is 322 g/mol. The van der Waals surface area contributed by atoms with E-state index < -0.39 is 12.0 Å². The monoisotopic (exact) mass is 321 g/mol. The van der Waals surface area contributed by atoms with E-state index in [1.54, 1.807) is 6.92 Å². The quantitative estimate of drug-likeness (QED) is 0.661. The highest BCUT2D eigenvalue weighted by Crippen LogP contribution is 2.48. The minimum absolute atomic E-state index is 0.0527. The van der Waals surface area contributed by atoms with E-state index in [-0.39, 0.29) is 23.4 Å². The van der Waals surface area contributed by atoms with Crippen molar-refractivity contribution in [3.05, 3.63) is 40.4 Å². The Bertz CT molecular complexity index is 670. The lowest BCUT2D eigenvalue weighted by Gasteiger charge is -2.36. The normalized spacial score (nSPS) is 25.1. The van der Waals surface area contributed by atoms with Gasteiger partial charge in [-0.25, -0.2) is 9.59 Å². The number of carbonyl (C=O) groups excluding carboxylic acids is 1. The lowest BCUT2D eigenvalue weighted by molar-refractivity contribution is -0.145. The van der Waals surface area contributed by atoms with E-state index in [4.69, 9.17) is 16.3 Å². The molecular formula is C16H16ClNO4. The predicted molar refractivity (Wildman–Crippen MR) is 82.4 cm³/mol. The van der Waals surface area contributed by atoms with Crippen LogP contribution in [0.5, 0.6) is 0 Å². The van der Waals surface area contributed by atoms with Crippen LogP contribution in [0.4, 0.5) is 5.69 Å². The second-order valence-corrected chi connectivity index (χ2v) is 5.82. The number of hydrogen-bond donors (Lipinski definition) is 2. The molecule has 6 heteroatoms. The largest absolute Gasteiger partial charge is 0.478 e. The summed E-state index contributed by atoms with van der Waals surface area (Å²) in [6.07, 6.45) is 4.64. The molecule has 2 N–H and O–H groups in total. The van der Waals surface area contributed by atoms with Crippen LogP contribution in [0.25, 0.3) is 0 Å². The molecule has 0 spiro atoms. The van der Waals surface area contributed by atoms with Crippen molar-refractivity contribution < 1.29 is 19.4 Å². The van der Waals surface area contributed by atoms with Crippen molar-refractivity contribution in [2.24, 2.45) is 5.92 Å². The fourth-order valence-electron chi connectivity index (χ4n) is 3.33. The number of allylic oxidation sites excluding steroid dienone is 2. The first-order valence-corrected chi connectivity index (χ1v) is 7.58. The maximum atomic E-state index is 12.2. The van der Waals surface area contributed by atoms with Gasteiger partial charge in [-0.1, -0.05) is 23.8 Å². The van der Waals surface area contributed by atoms with E-state index in [1.807, 2.05) is 12.2 Å². The second-order valence-electron chi connectivity index (χ2n) is 5.42. The van der Waals surface area contributed by atoms with Crippen LogP contribution >= 0.6 is 11.6 Å². The third-order valence-corrected chi connectivity index (χ3v) is 4.55.